The molecule has 4 rings (SSSR count). The van der Waals surface area contributed by atoms with E-state index in [9.17, 15) is 4.79 Å². The van der Waals surface area contributed by atoms with Gasteiger partial charge in [-0.05, 0) is 31.6 Å². The second-order valence-electron chi connectivity index (χ2n) is 6.67. The summed E-state index contributed by atoms with van der Waals surface area (Å²) in [4.78, 5) is 14.6. The van der Waals surface area contributed by atoms with Crippen molar-refractivity contribution in [2.45, 2.75) is 63.3 Å². The van der Waals surface area contributed by atoms with E-state index in [1.807, 2.05) is 11.0 Å². The first-order valence-corrected chi connectivity index (χ1v) is 8.10. The zero-order valence-corrected chi connectivity index (χ0v) is 11.9. The lowest BCUT2D eigenvalue weighted by atomic mass is 9.79. The fraction of sp³-hybridized carbons (Fsp3) is 0.750. The van der Waals surface area contributed by atoms with Gasteiger partial charge in [0.1, 0.15) is 5.76 Å². The molecule has 1 aromatic rings. The highest BCUT2D eigenvalue weighted by Crippen LogP contribution is 2.41. The first-order valence-electron chi connectivity index (χ1n) is 8.10. The first-order chi connectivity index (χ1) is 9.83. The summed E-state index contributed by atoms with van der Waals surface area (Å²) in [7, 11) is 0. The van der Waals surface area contributed by atoms with E-state index in [0.29, 0.717) is 17.7 Å². The molecule has 4 heteroatoms. The van der Waals surface area contributed by atoms with Gasteiger partial charge >= 0.3 is 0 Å². The molecule has 1 amide bonds. The van der Waals surface area contributed by atoms with Crippen molar-refractivity contribution in [1.29, 1.82) is 0 Å². The molecule has 3 fully saturated rings. The number of nitrogens with zero attached hydrogens (tertiary/aromatic N) is 2. The van der Waals surface area contributed by atoms with Gasteiger partial charge in [-0.3, -0.25) is 4.79 Å². The van der Waals surface area contributed by atoms with Gasteiger partial charge in [0.15, 0.2) is 5.69 Å². The topological polar surface area (TPSA) is 46.3 Å². The molecule has 2 heterocycles. The number of rotatable bonds is 2. The van der Waals surface area contributed by atoms with Gasteiger partial charge < -0.3 is 9.42 Å². The largest absolute Gasteiger partial charge is 0.360 e. The van der Waals surface area contributed by atoms with E-state index in [4.69, 9.17) is 4.52 Å². The minimum absolute atomic E-state index is 0.0856. The van der Waals surface area contributed by atoms with Gasteiger partial charge in [-0.2, -0.15) is 0 Å². The highest BCUT2D eigenvalue weighted by atomic mass is 16.5. The second kappa shape index (κ2) is 4.90. The van der Waals surface area contributed by atoms with Crippen molar-refractivity contribution in [1.82, 2.24) is 10.1 Å². The van der Waals surface area contributed by atoms with E-state index in [0.717, 1.165) is 18.2 Å². The van der Waals surface area contributed by atoms with Crippen LogP contribution in [0.2, 0.25) is 0 Å². The molecular weight excluding hydrogens is 252 g/mol. The Bertz CT molecular complexity index is 506. The summed E-state index contributed by atoms with van der Waals surface area (Å²) in [5.74, 6) is 2.24. The summed E-state index contributed by atoms with van der Waals surface area (Å²) in [6.45, 7) is 0.926. The molecule has 0 radical (unpaired) electrons. The number of hydrogen-bond donors (Lipinski definition) is 0. The fourth-order valence-electron chi connectivity index (χ4n) is 3.75. The van der Waals surface area contributed by atoms with Crippen LogP contribution in [-0.4, -0.2) is 28.6 Å². The molecule has 0 aromatic carbocycles. The van der Waals surface area contributed by atoms with Crippen molar-refractivity contribution in [3.8, 4) is 0 Å². The lowest BCUT2D eigenvalue weighted by molar-refractivity contribution is 0.00356. The molecule has 2 aliphatic carbocycles. The number of likely N-dealkylation sites (tertiary alicyclic amines) is 1. The molecule has 2 unspecified atom stereocenters. The van der Waals surface area contributed by atoms with Crippen LogP contribution in [0.4, 0.5) is 0 Å². The van der Waals surface area contributed by atoms with Gasteiger partial charge in [-0.1, -0.05) is 30.8 Å². The maximum atomic E-state index is 12.5. The third-order valence-corrected chi connectivity index (χ3v) is 5.19. The molecule has 1 saturated heterocycles. The number of carbonyl (C=O) groups excluding carboxylic acids is 1. The normalized spacial score (nSPS) is 30.1. The molecule has 108 valence electrons. The van der Waals surface area contributed by atoms with E-state index in [1.165, 1.54) is 51.4 Å². The van der Waals surface area contributed by atoms with Crippen LogP contribution in [0, 0.1) is 5.92 Å². The van der Waals surface area contributed by atoms with Crippen LogP contribution in [0.25, 0.3) is 0 Å². The Morgan fingerprint density at radius 1 is 1.15 bits per heavy atom. The van der Waals surface area contributed by atoms with Crippen molar-refractivity contribution < 1.29 is 9.32 Å². The monoisotopic (exact) mass is 274 g/mol. The fourth-order valence-corrected chi connectivity index (χ4v) is 3.75. The van der Waals surface area contributed by atoms with E-state index < -0.39 is 0 Å². The smallest absolute Gasteiger partial charge is 0.276 e. The Kier molecular flexibility index (Phi) is 3.04. The molecule has 0 N–H and O–H groups in total. The number of amides is 1. The summed E-state index contributed by atoms with van der Waals surface area (Å²) >= 11 is 0. The zero-order chi connectivity index (χ0) is 13.5. The molecule has 1 aliphatic heterocycles. The van der Waals surface area contributed by atoms with Crippen LogP contribution < -0.4 is 0 Å². The van der Waals surface area contributed by atoms with Crippen molar-refractivity contribution >= 4 is 5.91 Å². The molecule has 4 nitrogen and oxygen atoms in total. The van der Waals surface area contributed by atoms with Crippen molar-refractivity contribution in [3.63, 3.8) is 0 Å². The maximum absolute atomic E-state index is 12.5. The average Bonchev–Trinajstić information content (AvgIpc) is 3.15. The molecule has 2 saturated carbocycles. The zero-order valence-electron chi connectivity index (χ0n) is 11.9. The molecule has 0 spiro atoms. The summed E-state index contributed by atoms with van der Waals surface area (Å²) < 4.78 is 5.31. The predicted molar refractivity (Wildman–Crippen MR) is 74.5 cm³/mol. The van der Waals surface area contributed by atoms with Crippen LogP contribution >= 0.6 is 0 Å². The van der Waals surface area contributed by atoms with Crippen LogP contribution in [-0.2, 0) is 0 Å². The van der Waals surface area contributed by atoms with Gasteiger partial charge in [-0.15, -0.1) is 0 Å². The third kappa shape index (κ3) is 2.15. The number of fused-ring (bicyclic) bond motifs is 1. The minimum Gasteiger partial charge on any atom is -0.360 e. The number of carbonyl (C=O) groups is 1. The van der Waals surface area contributed by atoms with Crippen LogP contribution in [0.3, 0.4) is 0 Å². The highest BCUT2D eigenvalue weighted by molar-refractivity contribution is 5.93. The van der Waals surface area contributed by atoms with Gasteiger partial charge in [0.05, 0.1) is 0 Å². The van der Waals surface area contributed by atoms with Crippen molar-refractivity contribution in [2.75, 3.05) is 6.54 Å². The molecule has 0 bridgehead atoms. The van der Waals surface area contributed by atoms with Crippen LogP contribution in [0.15, 0.2) is 10.6 Å². The Balaban J connectivity index is 1.45. The van der Waals surface area contributed by atoms with Gasteiger partial charge in [-0.25, -0.2) is 0 Å². The first kappa shape index (κ1) is 12.4. The third-order valence-electron chi connectivity index (χ3n) is 5.19. The summed E-state index contributed by atoms with van der Waals surface area (Å²) in [6.07, 6.45) is 10.1. The molecule has 20 heavy (non-hydrogen) atoms. The van der Waals surface area contributed by atoms with Crippen molar-refractivity contribution in [2.24, 2.45) is 5.92 Å². The van der Waals surface area contributed by atoms with Gasteiger partial charge in [0, 0.05) is 24.6 Å². The standard InChI is InChI=1S/C16H22N2O2/c19-16(13-9-15(20-17-13)11-7-8-11)18-10-12-5-3-1-2-4-6-14(12)18/h9,11-12,14H,1-8,10H2. The van der Waals surface area contributed by atoms with Crippen molar-refractivity contribution in [3.05, 3.63) is 17.5 Å². The number of hydrogen-bond acceptors (Lipinski definition) is 3. The van der Waals surface area contributed by atoms with Crippen LogP contribution in [0.1, 0.15) is 73.5 Å². The van der Waals surface area contributed by atoms with Crippen LogP contribution in [0.5, 0.6) is 0 Å². The van der Waals surface area contributed by atoms with Gasteiger partial charge in [0.2, 0.25) is 0 Å². The Hall–Kier alpha value is -1.32. The summed E-state index contributed by atoms with van der Waals surface area (Å²) in [5, 5.41) is 3.99. The molecular formula is C16H22N2O2. The van der Waals surface area contributed by atoms with E-state index >= 15 is 0 Å². The van der Waals surface area contributed by atoms with E-state index in [2.05, 4.69) is 5.16 Å². The van der Waals surface area contributed by atoms with Gasteiger partial charge in [0.25, 0.3) is 5.91 Å². The number of aromatic nitrogens is 1. The molecule has 3 aliphatic rings. The quantitative estimate of drug-likeness (QED) is 0.831. The highest BCUT2D eigenvalue weighted by Gasteiger charge is 2.42. The second-order valence-corrected chi connectivity index (χ2v) is 6.67. The Labute approximate surface area is 119 Å². The lowest BCUT2D eigenvalue weighted by Crippen LogP contribution is -2.58. The SMILES string of the molecule is O=C(c1cc(C2CC2)on1)N1CC2CCCCCCC21. The van der Waals surface area contributed by atoms with E-state index in [-0.39, 0.29) is 5.91 Å². The minimum atomic E-state index is 0.0856. The van der Waals surface area contributed by atoms with E-state index in [1.54, 1.807) is 0 Å². The average molecular weight is 274 g/mol. The summed E-state index contributed by atoms with van der Waals surface area (Å²) in [6, 6.07) is 2.33. The molecule has 1 aromatic heterocycles. The lowest BCUT2D eigenvalue weighted by Gasteiger charge is -2.49. The summed E-state index contributed by atoms with van der Waals surface area (Å²) in [5.41, 5.74) is 0.521. The Morgan fingerprint density at radius 2 is 1.95 bits per heavy atom. The predicted octanol–water partition coefficient (Wildman–Crippen LogP) is 3.35. The molecule has 2 atom stereocenters. The Morgan fingerprint density at radius 3 is 2.75 bits per heavy atom. The maximum Gasteiger partial charge on any atom is 0.276 e.